The number of carboxylic acids is 1. The lowest BCUT2D eigenvalue weighted by atomic mass is 10.2. The van der Waals surface area contributed by atoms with Crippen molar-refractivity contribution in [3.63, 3.8) is 0 Å². The second-order valence-electron chi connectivity index (χ2n) is 4.61. The van der Waals surface area contributed by atoms with Gasteiger partial charge in [-0.2, -0.15) is 4.31 Å². The fourth-order valence-corrected chi connectivity index (χ4v) is 3.66. The van der Waals surface area contributed by atoms with Gasteiger partial charge in [-0.25, -0.2) is 18.4 Å². The van der Waals surface area contributed by atoms with Gasteiger partial charge in [0.25, 0.3) is 15.2 Å². The summed E-state index contributed by atoms with van der Waals surface area (Å²) in [4.78, 5) is 19.0. The summed E-state index contributed by atoms with van der Waals surface area (Å²) >= 11 is 0. The minimum atomic E-state index is -4.01. The molecule has 0 aromatic carbocycles. The number of hydrogen-bond acceptors (Lipinski definition) is 6. The third-order valence-electron chi connectivity index (χ3n) is 2.98. The number of nitrogens with one attached hydrogen (secondary N) is 1. The molecule has 2 rings (SSSR count). The number of piperazine rings is 1. The Hall–Kier alpha value is -1.58. The van der Waals surface area contributed by atoms with Crippen molar-refractivity contribution in [3.8, 4) is 0 Å². The molecule has 0 unspecified atom stereocenters. The first-order valence-electron chi connectivity index (χ1n) is 6.10. The Morgan fingerprint density at radius 3 is 2.55 bits per heavy atom. The van der Waals surface area contributed by atoms with Gasteiger partial charge in [-0.3, -0.25) is 4.79 Å². The number of carbonyl (C=O) groups is 1. The molecule has 1 aromatic heterocycles. The minimum Gasteiger partial charge on any atom is -0.480 e. The van der Waals surface area contributed by atoms with Crippen molar-refractivity contribution < 1.29 is 18.3 Å². The lowest BCUT2D eigenvalue weighted by molar-refractivity contribution is -0.141. The van der Waals surface area contributed by atoms with E-state index in [4.69, 9.17) is 5.11 Å². The Bertz CT molecular complexity index is 611. The molecule has 9 heteroatoms. The molecule has 2 heterocycles. The van der Waals surface area contributed by atoms with Crippen molar-refractivity contribution >= 4 is 16.0 Å². The molecule has 2 N–H and O–H groups in total. The van der Waals surface area contributed by atoms with Gasteiger partial charge in [-0.15, -0.1) is 0 Å². The molecule has 8 nitrogen and oxygen atoms in total. The largest absolute Gasteiger partial charge is 0.480 e. The van der Waals surface area contributed by atoms with Gasteiger partial charge in [0.05, 0.1) is 0 Å². The first-order chi connectivity index (χ1) is 9.32. The number of carboxylic acid groups (broad SMARTS) is 1. The first kappa shape index (κ1) is 14.8. The van der Waals surface area contributed by atoms with Crippen molar-refractivity contribution in [2.24, 2.45) is 0 Å². The van der Waals surface area contributed by atoms with Crippen molar-refractivity contribution in [1.29, 1.82) is 0 Å². The Morgan fingerprint density at radius 1 is 1.40 bits per heavy atom. The second kappa shape index (κ2) is 5.43. The Kier molecular flexibility index (Phi) is 4.02. The molecule has 1 atom stereocenters. The fourth-order valence-electron chi connectivity index (χ4n) is 2.10. The molecular formula is C11H16N4O4S. The molecule has 1 fully saturated rings. The lowest BCUT2D eigenvalue weighted by Gasteiger charge is -2.31. The number of aliphatic carboxylic acids is 1. The monoisotopic (exact) mass is 300 g/mol. The third-order valence-corrected chi connectivity index (χ3v) is 4.68. The topological polar surface area (TPSA) is 112 Å². The zero-order valence-electron chi connectivity index (χ0n) is 11.2. The maximum absolute atomic E-state index is 12.5. The standard InChI is InChI=1S/C11H16N4O4S/c1-7-5-8(2)14-11(13-7)20(18,19)15-4-3-12-6-9(15)10(16)17/h5,9,12H,3-4,6H2,1-2H3,(H,16,17)/t9-/m0/s1. The summed E-state index contributed by atoms with van der Waals surface area (Å²) in [7, 11) is -4.01. The Balaban J connectivity index is 2.44. The van der Waals surface area contributed by atoms with Crippen LogP contribution < -0.4 is 5.32 Å². The summed E-state index contributed by atoms with van der Waals surface area (Å²) in [6.45, 7) is 3.88. The molecule has 0 amide bonds. The van der Waals surface area contributed by atoms with Crippen molar-refractivity contribution in [1.82, 2.24) is 19.6 Å². The van der Waals surface area contributed by atoms with Gasteiger partial charge in [0.1, 0.15) is 6.04 Å². The summed E-state index contributed by atoms with van der Waals surface area (Å²) in [5.74, 6) is -1.19. The van der Waals surface area contributed by atoms with Crippen LogP contribution in [0.25, 0.3) is 0 Å². The van der Waals surface area contributed by atoms with E-state index in [0.29, 0.717) is 17.9 Å². The summed E-state index contributed by atoms with van der Waals surface area (Å²) in [6, 6.07) is 0.518. The molecule has 20 heavy (non-hydrogen) atoms. The van der Waals surface area contributed by atoms with E-state index in [1.807, 2.05) is 0 Å². The van der Waals surface area contributed by atoms with Crippen LogP contribution in [0.5, 0.6) is 0 Å². The molecule has 0 saturated carbocycles. The average Bonchev–Trinajstić information content (AvgIpc) is 2.37. The first-order valence-corrected chi connectivity index (χ1v) is 7.54. The number of sulfonamides is 1. The van der Waals surface area contributed by atoms with E-state index < -0.39 is 22.0 Å². The summed E-state index contributed by atoms with van der Waals surface area (Å²) < 4.78 is 26.0. The number of rotatable bonds is 3. The van der Waals surface area contributed by atoms with Gasteiger partial charge < -0.3 is 10.4 Å². The normalized spacial score (nSPS) is 20.8. The van der Waals surface area contributed by atoms with Crippen LogP contribution >= 0.6 is 0 Å². The van der Waals surface area contributed by atoms with Crippen LogP contribution in [0.4, 0.5) is 0 Å². The van der Waals surface area contributed by atoms with Crippen LogP contribution in [0.3, 0.4) is 0 Å². The van der Waals surface area contributed by atoms with E-state index in [2.05, 4.69) is 15.3 Å². The van der Waals surface area contributed by atoms with E-state index in [9.17, 15) is 13.2 Å². The average molecular weight is 300 g/mol. The third kappa shape index (κ3) is 2.79. The predicted molar refractivity (Wildman–Crippen MR) is 69.7 cm³/mol. The number of aromatic nitrogens is 2. The maximum atomic E-state index is 12.5. The molecule has 1 aromatic rings. The minimum absolute atomic E-state index is 0.0688. The van der Waals surface area contributed by atoms with E-state index in [-0.39, 0.29) is 18.2 Å². The highest BCUT2D eigenvalue weighted by Crippen LogP contribution is 2.17. The number of aryl methyl sites for hydroxylation is 2. The fraction of sp³-hybridized carbons (Fsp3) is 0.545. The lowest BCUT2D eigenvalue weighted by Crippen LogP contribution is -2.57. The van der Waals surface area contributed by atoms with Crippen molar-refractivity contribution in [2.75, 3.05) is 19.6 Å². The van der Waals surface area contributed by atoms with Gasteiger partial charge in [0, 0.05) is 31.0 Å². The van der Waals surface area contributed by atoms with Crippen LogP contribution in [-0.2, 0) is 14.8 Å². The van der Waals surface area contributed by atoms with Gasteiger partial charge in [-0.05, 0) is 19.9 Å². The Morgan fingerprint density at radius 2 is 2.00 bits per heavy atom. The Labute approximate surface area is 116 Å². The van der Waals surface area contributed by atoms with Gasteiger partial charge in [0.15, 0.2) is 0 Å². The van der Waals surface area contributed by atoms with Crippen LogP contribution in [0, 0.1) is 13.8 Å². The molecule has 1 aliphatic heterocycles. The molecular weight excluding hydrogens is 284 g/mol. The smallest absolute Gasteiger partial charge is 0.323 e. The molecule has 1 saturated heterocycles. The molecule has 0 radical (unpaired) electrons. The quantitative estimate of drug-likeness (QED) is 0.698. The van der Waals surface area contributed by atoms with Crippen LogP contribution in [0.1, 0.15) is 11.4 Å². The predicted octanol–water partition coefficient (Wildman–Crippen LogP) is -0.859. The zero-order valence-corrected chi connectivity index (χ0v) is 12.0. The van der Waals surface area contributed by atoms with E-state index in [0.717, 1.165) is 4.31 Å². The second-order valence-corrected chi connectivity index (χ2v) is 6.39. The summed E-state index contributed by atoms with van der Waals surface area (Å²) in [5.41, 5.74) is 1.05. The van der Waals surface area contributed by atoms with Crippen LogP contribution in [0.15, 0.2) is 11.2 Å². The van der Waals surface area contributed by atoms with Gasteiger partial charge in [0.2, 0.25) is 0 Å². The molecule has 0 spiro atoms. The number of hydrogen-bond donors (Lipinski definition) is 2. The highest BCUT2D eigenvalue weighted by molar-refractivity contribution is 7.89. The number of nitrogens with zero attached hydrogens (tertiary/aromatic N) is 3. The van der Waals surface area contributed by atoms with E-state index in [1.165, 1.54) is 0 Å². The van der Waals surface area contributed by atoms with Crippen LogP contribution in [0.2, 0.25) is 0 Å². The van der Waals surface area contributed by atoms with Gasteiger partial charge in [-0.1, -0.05) is 0 Å². The van der Waals surface area contributed by atoms with Crippen molar-refractivity contribution in [2.45, 2.75) is 25.0 Å². The highest BCUT2D eigenvalue weighted by Gasteiger charge is 2.39. The summed E-state index contributed by atoms with van der Waals surface area (Å²) in [5, 5.41) is 11.7. The summed E-state index contributed by atoms with van der Waals surface area (Å²) in [6.07, 6.45) is 0. The SMILES string of the molecule is Cc1cc(C)nc(S(=O)(=O)N2CCNC[C@H]2C(=O)O)n1. The molecule has 0 aliphatic carbocycles. The zero-order chi connectivity index (χ0) is 14.9. The molecule has 1 aliphatic rings. The maximum Gasteiger partial charge on any atom is 0.323 e. The van der Waals surface area contributed by atoms with Gasteiger partial charge >= 0.3 is 5.97 Å². The molecule has 110 valence electrons. The molecule has 0 bridgehead atoms. The van der Waals surface area contributed by atoms with E-state index in [1.54, 1.807) is 19.9 Å². The highest BCUT2D eigenvalue weighted by atomic mass is 32.2. The van der Waals surface area contributed by atoms with Crippen LogP contribution in [-0.4, -0.2) is 59.4 Å². The van der Waals surface area contributed by atoms with Crippen molar-refractivity contribution in [3.05, 3.63) is 17.5 Å². The van der Waals surface area contributed by atoms with E-state index >= 15 is 0 Å².